The smallest absolute Gasteiger partial charge is 0.0995 e. The van der Waals surface area contributed by atoms with Crippen LogP contribution in [-0.2, 0) is 13.2 Å². The van der Waals surface area contributed by atoms with E-state index in [1.807, 2.05) is 35.9 Å². The zero-order valence-corrected chi connectivity index (χ0v) is 9.22. The summed E-state index contributed by atoms with van der Waals surface area (Å²) in [5.74, 6) is 0. The van der Waals surface area contributed by atoms with Gasteiger partial charge in [0, 0.05) is 18.4 Å². The maximum absolute atomic E-state index is 9.25. The van der Waals surface area contributed by atoms with Gasteiger partial charge in [0.1, 0.15) is 0 Å². The third kappa shape index (κ3) is 1.98. The van der Waals surface area contributed by atoms with Crippen LogP contribution >= 0.6 is 0 Å². The fourth-order valence-electron chi connectivity index (χ4n) is 1.68. The van der Waals surface area contributed by atoms with Crippen LogP contribution in [0.3, 0.4) is 0 Å². The van der Waals surface area contributed by atoms with Crippen molar-refractivity contribution in [3.8, 4) is 5.69 Å². The number of aliphatic hydroxyl groups is 1. The van der Waals surface area contributed by atoms with Crippen molar-refractivity contribution >= 4 is 0 Å². The van der Waals surface area contributed by atoms with E-state index in [0.717, 1.165) is 22.5 Å². The molecule has 1 aromatic heterocycles. The van der Waals surface area contributed by atoms with Crippen molar-refractivity contribution in [3.05, 3.63) is 47.5 Å². The molecule has 0 atom stereocenters. The van der Waals surface area contributed by atoms with E-state index >= 15 is 0 Å². The number of hydrogen-bond acceptors (Lipinski definition) is 3. The summed E-state index contributed by atoms with van der Waals surface area (Å²) in [5.41, 5.74) is 9.38. The Hall–Kier alpha value is -1.65. The molecule has 0 aliphatic heterocycles. The molecule has 0 unspecified atom stereocenters. The van der Waals surface area contributed by atoms with E-state index in [9.17, 15) is 5.11 Å². The summed E-state index contributed by atoms with van der Waals surface area (Å²) in [7, 11) is 0. The van der Waals surface area contributed by atoms with E-state index in [-0.39, 0.29) is 6.61 Å². The van der Waals surface area contributed by atoms with Crippen molar-refractivity contribution in [2.45, 2.75) is 20.1 Å². The molecule has 1 aromatic carbocycles. The molecule has 2 rings (SSSR count). The standard InChI is InChI=1S/C12H15N3O/c1-9-6-15(8-14-9)12-3-2-10(5-13)11(4-12)7-16/h2-4,6,8,16H,5,7,13H2,1H3. The van der Waals surface area contributed by atoms with Gasteiger partial charge in [-0.05, 0) is 30.2 Å². The normalized spacial score (nSPS) is 10.7. The van der Waals surface area contributed by atoms with E-state index in [1.54, 1.807) is 6.33 Å². The Morgan fingerprint density at radius 2 is 2.19 bits per heavy atom. The molecule has 84 valence electrons. The summed E-state index contributed by atoms with van der Waals surface area (Å²) < 4.78 is 1.93. The number of hydrogen-bond donors (Lipinski definition) is 2. The van der Waals surface area contributed by atoms with Crippen LogP contribution in [0.15, 0.2) is 30.7 Å². The average Bonchev–Trinajstić information content (AvgIpc) is 2.75. The van der Waals surface area contributed by atoms with E-state index < -0.39 is 0 Å². The number of imidazole rings is 1. The first kappa shape index (κ1) is 10.9. The lowest BCUT2D eigenvalue weighted by atomic mass is 10.1. The molecule has 3 N–H and O–H groups in total. The number of benzene rings is 1. The molecule has 0 saturated heterocycles. The monoisotopic (exact) mass is 217 g/mol. The molecular formula is C12H15N3O. The molecule has 4 nitrogen and oxygen atoms in total. The first-order valence-electron chi connectivity index (χ1n) is 5.18. The van der Waals surface area contributed by atoms with E-state index in [4.69, 9.17) is 5.73 Å². The van der Waals surface area contributed by atoms with E-state index in [2.05, 4.69) is 4.98 Å². The Morgan fingerprint density at radius 1 is 1.38 bits per heavy atom. The molecular weight excluding hydrogens is 202 g/mol. The van der Waals surface area contributed by atoms with Crippen LogP contribution in [0, 0.1) is 6.92 Å². The molecule has 2 aromatic rings. The quantitative estimate of drug-likeness (QED) is 0.810. The predicted octanol–water partition coefficient (Wildman–Crippen LogP) is 1.13. The van der Waals surface area contributed by atoms with E-state index in [1.165, 1.54) is 0 Å². The predicted molar refractivity (Wildman–Crippen MR) is 62.1 cm³/mol. The summed E-state index contributed by atoms with van der Waals surface area (Å²) in [4.78, 5) is 4.17. The zero-order chi connectivity index (χ0) is 11.5. The largest absolute Gasteiger partial charge is 0.392 e. The molecule has 0 radical (unpaired) electrons. The second kappa shape index (κ2) is 4.47. The van der Waals surface area contributed by atoms with Gasteiger partial charge in [-0.15, -0.1) is 0 Å². The Labute approximate surface area is 94.4 Å². The fraction of sp³-hybridized carbons (Fsp3) is 0.250. The van der Waals surface area contributed by atoms with Crippen molar-refractivity contribution in [2.75, 3.05) is 0 Å². The Bertz CT molecular complexity index is 491. The molecule has 0 saturated carbocycles. The van der Waals surface area contributed by atoms with Crippen LogP contribution in [-0.4, -0.2) is 14.7 Å². The molecule has 16 heavy (non-hydrogen) atoms. The second-order valence-electron chi connectivity index (χ2n) is 3.74. The van der Waals surface area contributed by atoms with Crippen LogP contribution in [0.2, 0.25) is 0 Å². The third-order valence-electron chi connectivity index (χ3n) is 2.59. The topological polar surface area (TPSA) is 64.1 Å². The first-order valence-corrected chi connectivity index (χ1v) is 5.18. The highest BCUT2D eigenvalue weighted by atomic mass is 16.3. The van der Waals surface area contributed by atoms with Crippen LogP contribution in [0.4, 0.5) is 0 Å². The SMILES string of the molecule is Cc1cn(-c2ccc(CN)c(CO)c2)cn1. The maximum atomic E-state index is 9.25. The molecule has 4 heteroatoms. The van der Waals surface area contributed by atoms with Gasteiger partial charge in [-0.1, -0.05) is 6.07 Å². The number of aliphatic hydroxyl groups excluding tert-OH is 1. The highest BCUT2D eigenvalue weighted by molar-refractivity contribution is 5.40. The van der Waals surface area contributed by atoms with Gasteiger partial charge in [0.25, 0.3) is 0 Å². The summed E-state index contributed by atoms with van der Waals surface area (Å²) in [6.45, 7) is 2.39. The van der Waals surface area contributed by atoms with Gasteiger partial charge in [0.2, 0.25) is 0 Å². The van der Waals surface area contributed by atoms with Gasteiger partial charge in [-0.3, -0.25) is 0 Å². The van der Waals surface area contributed by atoms with Crippen LogP contribution in [0.5, 0.6) is 0 Å². The maximum Gasteiger partial charge on any atom is 0.0995 e. The minimum atomic E-state index is 0.00799. The van der Waals surface area contributed by atoms with Gasteiger partial charge in [0.05, 0.1) is 18.6 Å². The Kier molecular flexibility index (Phi) is 3.03. The molecule has 0 fully saturated rings. The first-order chi connectivity index (χ1) is 7.74. The van der Waals surface area contributed by atoms with Crippen molar-refractivity contribution in [3.63, 3.8) is 0 Å². The summed E-state index contributed by atoms with van der Waals surface area (Å²) >= 11 is 0. The highest BCUT2D eigenvalue weighted by Crippen LogP contribution is 2.15. The van der Waals surface area contributed by atoms with Crippen molar-refractivity contribution in [1.82, 2.24) is 9.55 Å². The van der Waals surface area contributed by atoms with Crippen molar-refractivity contribution < 1.29 is 5.11 Å². The van der Waals surface area contributed by atoms with Gasteiger partial charge < -0.3 is 15.4 Å². The lowest BCUT2D eigenvalue weighted by molar-refractivity contribution is 0.280. The zero-order valence-electron chi connectivity index (χ0n) is 9.22. The highest BCUT2D eigenvalue weighted by Gasteiger charge is 2.03. The molecule has 1 heterocycles. The second-order valence-corrected chi connectivity index (χ2v) is 3.74. The molecule has 0 aliphatic carbocycles. The van der Waals surface area contributed by atoms with Gasteiger partial charge in [0.15, 0.2) is 0 Å². The Morgan fingerprint density at radius 3 is 2.75 bits per heavy atom. The number of aromatic nitrogens is 2. The molecule has 0 bridgehead atoms. The van der Waals surface area contributed by atoms with Crippen LogP contribution in [0.1, 0.15) is 16.8 Å². The molecule has 0 amide bonds. The Balaban J connectivity index is 2.43. The average molecular weight is 217 g/mol. The number of nitrogens with two attached hydrogens (primary N) is 1. The van der Waals surface area contributed by atoms with Crippen LogP contribution < -0.4 is 5.73 Å². The molecule has 0 aliphatic rings. The van der Waals surface area contributed by atoms with Crippen molar-refractivity contribution in [2.24, 2.45) is 5.73 Å². The van der Waals surface area contributed by atoms with Gasteiger partial charge >= 0.3 is 0 Å². The lowest BCUT2D eigenvalue weighted by Gasteiger charge is -2.08. The summed E-state index contributed by atoms with van der Waals surface area (Å²) in [6.07, 6.45) is 3.70. The fourth-order valence-corrected chi connectivity index (χ4v) is 1.68. The van der Waals surface area contributed by atoms with Crippen LogP contribution in [0.25, 0.3) is 5.69 Å². The summed E-state index contributed by atoms with van der Waals surface area (Å²) in [6, 6.07) is 5.85. The third-order valence-corrected chi connectivity index (χ3v) is 2.59. The lowest BCUT2D eigenvalue weighted by Crippen LogP contribution is -2.03. The van der Waals surface area contributed by atoms with Gasteiger partial charge in [-0.2, -0.15) is 0 Å². The number of aryl methyl sites for hydroxylation is 1. The number of rotatable bonds is 3. The summed E-state index contributed by atoms with van der Waals surface area (Å²) in [5, 5.41) is 9.25. The minimum Gasteiger partial charge on any atom is -0.392 e. The number of nitrogens with zero attached hydrogens (tertiary/aromatic N) is 2. The van der Waals surface area contributed by atoms with Gasteiger partial charge in [-0.25, -0.2) is 4.98 Å². The van der Waals surface area contributed by atoms with Crippen molar-refractivity contribution in [1.29, 1.82) is 0 Å². The molecule has 0 spiro atoms. The minimum absolute atomic E-state index is 0.00799. The van der Waals surface area contributed by atoms with E-state index in [0.29, 0.717) is 6.54 Å².